The summed E-state index contributed by atoms with van der Waals surface area (Å²) in [6.07, 6.45) is 3.78. The SMILES string of the molecule is NCc1ccc(-c2cnc3cc(Cl)ccn23)cc1. The number of nitrogens with zero attached hydrogens (tertiary/aromatic N) is 2. The second-order valence-electron chi connectivity index (χ2n) is 4.12. The third-order valence-electron chi connectivity index (χ3n) is 2.96. The molecule has 0 aliphatic carbocycles. The number of pyridine rings is 1. The molecule has 0 saturated carbocycles. The topological polar surface area (TPSA) is 43.3 Å². The van der Waals surface area contributed by atoms with Gasteiger partial charge in [0, 0.05) is 29.4 Å². The Bertz CT molecular complexity index is 686. The highest BCUT2D eigenvalue weighted by Gasteiger charge is 2.05. The smallest absolute Gasteiger partial charge is 0.138 e. The average molecular weight is 258 g/mol. The van der Waals surface area contributed by atoms with Gasteiger partial charge in [-0.1, -0.05) is 35.9 Å². The number of benzene rings is 1. The van der Waals surface area contributed by atoms with E-state index in [4.69, 9.17) is 17.3 Å². The Morgan fingerprint density at radius 2 is 1.94 bits per heavy atom. The number of nitrogens with two attached hydrogens (primary N) is 1. The van der Waals surface area contributed by atoms with E-state index in [1.54, 1.807) is 0 Å². The third kappa shape index (κ3) is 1.88. The first-order valence-corrected chi connectivity index (χ1v) is 6.08. The summed E-state index contributed by atoms with van der Waals surface area (Å²) in [5, 5.41) is 0.693. The van der Waals surface area contributed by atoms with Crippen molar-refractivity contribution in [2.45, 2.75) is 6.54 Å². The van der Waals surface area contributed by atoms with Crippen LogP contribution in [0.3, 0.4) is 0 Å². The minimum Gasteiger partial charge on any atom is -0.326 e. The standard InChI is InChI=1S/C14H12ClN3/c15-12-5-6-18-13(9-17-14(18)7-12)11-3-1-10(8-16)2-4-11/h1-7,9H,8,16H2. The predicted molar refractivity (Wildman–Crippen MR) is 73.5 cm³/mol. The van der Waals surface area contributed by atoms with Crippen LogP contribution in [-0.4, -0.2) is 9.38 Å². The molecular weight excluding hydrogens is 246 g/mol. The lowest BCUT2D eigenvalue weighted by Crippen LogP contribution is -1.95. The Balaban J connectivity index is 2.13. The zero-order valence-electron chi connectivity index (χ0n) is 9.68. The summed E-state index contributed by atoms with van der Waals surface area (Å²) in [5.41, 5.74) is 9.72. The van der Waals surface area contributed by atoms with Crippen LogP contribution in [0, 0.1) is 0 Å². The van der Waals surface area contributed by atoms with Crippen molar-refractivity contribution in [1.29, 1.82) is 0 Å². The van der Waals surface area contributed by atoms with E-state index in [1.165, 1.54) is 0 Å². The van der Waals surface area contributed by atoms with E-state index in [0.29, 0.717) is 11.6 Å². The molecule has 0 spiro atoms. The van der Waals surface area contributed by atoms with Crippen molar-refractivity contribution in [2.75, 3.05) is 0 Å². The van der Waals surface area contributed by atoms with Crippen molar-refractivity contribution >= 4 is 17.2 Å². The van der Waals surface area contributed by atoms with Gasteiger partial charge >= 0.3 is 0 Å². The number of hydrogen-bond acceptors (Lipinski definition) is 2. The summed E-state index contributed by atoms with van der Waals surface area (Å²) in [6.45, 7) is 0.559. The molecule has 0 atom stereocenters. The maximum absolute atomic E-state index is 5.95. The zero-order valence-corrected chi connectivity index (χ0v) is 10.4. The van der Waals surface area contributed by atoms with Crippen molar-refractivity contribution in [1.82, 2.24) is 9.38 Å². The van der Waals surface area contributed by atoms with E-state index in [-0.39, 0.29) is 0 Å². The molecule has 0 aliphatic heterocycles. The molecule has 0 bridgehead atoms. The first-order valence-electron chi connectivity index (χ1n) is 5.70. The fourth-order valence-corrected chi connectivity index (χ4v) is 2.13. The number of fused-ring (bicyclic) bond motifs is 1. The summed E-state index contributed by atoms with van der Waals surface area (Å²) >= 11 is 5.95. The largest absolute Gasteiger partial charge is 0.326 e. The van der Waals surface area contributed by atoms with Gasteiger partial charge in [-0.2, -0.15) is 0 Å². The van der Waals surface area contributed by atoms with Gasteiger partial charge in [0.25, 0.3) is 0 Å². The lowest BCUT2D eigenvalue weighted by Gasteiger charge is -2.03. The minimum atomic E-state index is 0.559. The van der Waals surface area contributed by atoms with Gasteiger partial charge in [-0.25, -0.2) is 4.98 Å². The van der Waals surface area contributed by atoms with Crippen LogP contribution >= 0.6 is 11.6 Å². The zero-order chi connectivity index (χ0) is 12.5. The van der Waals surface area contributed by atoms with Gasteiger partial charge in [0.15, 0.2) is 0 Å². The Labute approximate surface area is 110 Å². The molecule has 2 N–H and O–H groups in total. The number of halogens is 1. The summed E-state index contributed by atoms with van der Waals surface area (Å²) in [4.78, 5) is 4.35. The van der Waals surface area contributed by atoms with E-state index < -0.39 is 0 Å². The van der Waals surface area contributed by atoms with Crippen molar-refractivity contribution in [3.05, 3.63) is 59.4 Å². The molecule has 2 aromatic heterocycles. The van der Waals surface area contributed by atoms with Crippen LogP contribution in [0.2, 0.25) is 5.02 Å². The van der Waals surface area contributed by atoms with Crippen molar-refractivity contribution in [3.8, 4) is 11.3 Å². The Kier molecular flexibility index (Phi) is 2.78. The fourth-order valence-electron chi connectivity index (χ4n) is 1.98. The van der Waals surface area contributed by atoms with E-state index in [2.05, 4.69) is 17.1 Å². The Morgan fingerprint density at radius 1 is 1.17 bits per heavy atom. The van der Waals surface area contributed by atoms with Gasteiger partial charge in [0.2, 0.25) is 0 Å². The highest BCUT2D eigenvalue weighted by Crippen LogP contribution is 2.22. The van der Waals surface area contributed by atoms with Crippen LogP contribution in [-0.2, 0) is 6.54 Å². The monoisotopic (exact) mass is 257 g/mol. The predicted octanol–water partition coefficient (Wildman–Crippen LogP) is 3.11. The lowest BCUT2D eigenvalue weighted by atomic mass is 10.1. The number of hydrogen-bond donors (Lipinski definition) is 1. The van der Waals surface area contributed by atoms with Crippen LogP contribution in [0.4, 0.5) is 0 Å². The molecule has 0 aliphatic rings. The van der Waals surface area contributed by atoms with Crippen molar-refractivity contribution in [2.24, 2.45) is 5.73 Å². The van der Waals surface area contributed by atoms with Crippen molar-refractivity contribution < 1.29 is 0 Å². The fraction of sp³-hybridized carbons (Fsp3) is 0.0714. The molecule has 0 radical (unpaired) electrons. The van der Waals surface area contributed by atoms with Crippen molar-refractivity contribution in [3.63, 3.8) is 0 Å². The summed E-state index contributed by atoms with van der Waals surface area (Å²) in [6, 6.07) is 11.9. The van der Waals surface area contributed by atoms with Gasteiger partial charge in [-0.05, 0) is 11.6 Å². The van der Waals surface area contributed by atoms with Crippen LogP contribution in [0.5, 0.6) is 0 Å². The average Bonchev–Trinajstić information content (AvgIpc) is 2.81. The van der Waals surface area contributed by atoms with Gasteiger partial charge in [-0.15, -0.1) is 0 Å². The molecule has 0 fully saturated rings. The molecule has 90 valence electrons. The normalized spacial score (nSPS) is 11.0. The lowest BCUT2D eigenvalue weighted by molar-refractivity contribution is 1.07. The van der Waals surface area contributed by atoms with Crippen LogP contribution in [0.25, 0.3) is 16.9 Å². The highest BCUT2D eigenvalue weighted by molar-refractivity contribution is 6.30. The molecule has 3 nitrogen and oxygen atoms in total. The van der Waals surface area contributed by atoms with Crippen LogP contribution < -0.4 is 5.73 Å². The van der Waals surface area contributed by atoms with E-state index in [1.807, 2.05) is 41.1 Å². The van der Waals surface area contributed by atoms with Gasteiger partial charge in [0.1, 0.15) is 5.65 Å². The second kappa shape index (κ2) is 4.44. The molecule has 3 aromatic rings. The maximum atomic E-state index is 5.95. The molecule has 0 saturated heterocycles. The van der Waals surface area contributed by atoms with E-state index in [0.717, 1.165) is 22.5 Å². The number of imidazole rings is 1. The Morgan fingerprint density at radius 3 is 2.67 bits per heavy atom. The number of aromatic nitrogens is 2. The maximum Gasteiger partial charge on any atom is 0.138 e. The molecule has 3 rings (SSSR count). The Hall–Kier alpha value is -1.84. The second-order valence-corrected chi connectivity index (χ2v) is 4.55. The van der Waals surface area contributed by atoms with Gasteiger partial charge in [-0.3, -0.25) is 4.40 Å². The quantitative estimate of drug-likeness (QED) is 0.767. The first kappa shape index (κ1) is 11.3. The molecule has 2 heterocycles. The molecule has 0 unspecified atom stereocenters. The molecule has 18 heavy (non-hydrogen) atoms. The summed E-state index contributed by atoms with van der Waals surface area (Å²) in [7, 11) is 0. The third-order valence-corrected chi connectivity index (χ3v) is 3.20. The molecule has 1 aromatic carbocycles. The highest BCUT2D eigenvalue weighted by atomic mass is 35.5. The number of rotatable bonds is 2. The minimum absolute atomic E-state index is 0.559. The van der Waals surface area contributed by atoms with Crippen LogP contribution in [0.1, 0.15) is 5.56 Å². The molecule has 4 heteroatoms. The van der Waals surface area contributed by atoms with Gasteiger partial charge in [0.05, 0.1) is 11.9 Å². The molecule has 0 amide bonds. The summed E-state index contributed by atoms with van der Waals surface area (Å²) in [5.74, 6) is 0. The first-order chi connectivity index (χ1) is 8.78. The van der Waals surface area contributed by atoms with Crippen LogP contribution in [0.15, 0.2) is 48.8 Å². The van der Waals surface area contributed by atoms with E-state index in [9.17, 15) is 0 Å². The van der Waals surface area contributed by atoms with Gasteiger partial charge < -0.3 is 5.73 Å². The van der Waals surface area contributed by atoms with E-state index >= 15 is 0 Å². The molecular formula is C14H12ClN3. The summed E-state index contributed by atoms with van der Waals surface area (Å²) < 4.78 is 2.02.